The van der Waals surface area contributed by atoms with E-state index < -0.39 is 0 Å². The Hall–Kier alpha value is -0.450. The zero-order valence-corrected chi connectivity index (χ0v) is 14.4. The minimum atomic E-state index is 0.102. The van der Waals surface area contributed by atoms with Crippen molar-refractivity contribution in [2.24, 2.45) is 0 Å². The number of nitrogens with zero attached hydrogens (tertiary/aromatic N) is 2. The van der Waals surface area contributed by atoms with E-state index in [0.29, 0.717) is 6.04 Å². The first kappa shape index (κ1) is 15.9. The first-order valence-corrected chi connectivity index (χ1v) is 8.76. The Balaban J connectivity index is 2.30. The lowest BCUT2D eigenvalue weighted by Gasteiger charge is -2.44. The first-order valence-electron chi connectivity index (χ1n) is 7.94. The van der Waals surface area contributed by atoms with Gasteiger partial charge in [-0.25, -0.2) is 4.98 Å². The summed E-state index contributed by atoms with van der Waals surface area (Å²) in [7, 11) is 2.24. The lowest BCUT2D eigenvalue weighted by Crippen LogP contribution is -2.53. The molecular formula is C16H29N3S. The zero-order chi connectivity index (χ0) is 14.8. The topological polar surface area (TPSA) is 28.2 Å². The molecule has 114 valence electrons. The van der Waals surface area contributed by atoms with Crippen LogP contribution in [0.5, 0.6) is 0 Å². The van der Waals surface area contributed by atoms with Crippen LogP contribution in [0.1, 0.15) is 55.6 Å². The maximum atomic E-state index is 4.97. The van der Waals surface area contributed by atoms with Gasteiger partial charge in [0, 0.05) is 17.5 Å². The Bertz CT molecular complexity index is 439. The van der Waals surface area contributed by atoms with Gasteiger partial charge in [-0.3, -0.25) is 0 Å². The highest BCUT2D eigenvalue weighted by molar-refractivity contribution is 7.11. The Labute approximate surface area is 127 Å². The van der Waals surface area contributed by atoms with Gasteiger partial charge in [0.15, 0.2) is 0 Å². The quantitative estimate of drug-likeness (QED) is 0.903. The predicted molar refractivity (Wildman–Crippen MR) is 87.5 cm³/mol. The van der Waals surface area contributed by atoms with Gasteiger partial charge in [-0.2, -0.15) is 0 Å². The number of rotatable bonds is 5. The molecule has 1 aromatic heterocycles. The second kappa shape index (κ2) is 6.54. The van der Waals surface area contributed by atoms with Crippen molar-refractivity contribution in [3.05, 3.63) is 15.6 Å². The number of hydrogen-bond acceptors (Lipinski definition) is 4. The molecule has 2 heterocycles. The average molecular weight is 295 g/mol. The summed E-state index contributed by atoms with van der Waals surface area (Å²) in [5.74, 6) is 0. The third-order valence-electron chi connectivity index (χ3n) is 4.64. The van der Waals surface area contributed by atoms with Gasteiger partial charge in [-0.05, 0) is 53.1 Å². The molecule has 0 aromatic carbocycles. The van der Waals surface area contributed by atoms with Crippen LogP contribution in [0.3, 0.4) is 0 Å². The van der Waals surface area contributed by atoms with E-state index in [2.05, 4.69) is 45.0 Å². The molecule has 2 unspecified atom stereocenters. The van der Waals surface area contributed by atoms with Crippen molar-refractivity contribution < 1.29 is 0 Å². The molecule has 3 nitrogen and oxygen atoms in total. The van der Waals surface area contributed by atoms with E-state index in [1.807, 2.05) is 11.3 Å². The number of thiazole rings is 1. The van der Waals surface area contributed by atoms with Crippen LogP contribution < -0.4 is 5.32 Å². The molecule has 0 saturated carbocycles. The molecule has 1 fully saturated rings. The molecule has 1 aliphatic rings. The van der Waals surface area contributed by atoms with E-state index in [1.54, 1.807) is 0 Å². The van der Waals surface area contributed by atoms with Crippen LogP contribution >= 0.6 is 11.3 Å². The summed E-state index contributed by atoms with van der Waals surface area (Å²) >= 11 is 1.91. The number of nitrogens with one attached hydrogen (secondary N) is 1. The van der Waals surface area contributed by atoms with E-state index in [1.165, 1.54) is 34.8 Å². The standard InChI is InChI=1S/C16H29N3S/c1-6-9-17-16(8-10-19(5)12(3)11-16)15-18-14(7-2)13(4)20-15/h12,17H,6-11H2,1-5H3. The fraction of sp³-hybridized carbons (Fsp3) is 0.812. The van der Waals surface area contributed by atoms with Crippen LogP contribution in [-0.2, 0) is 12.0 Å². The van der Waals surface area contributed by atoms with Crippen molar-refractivity contribution in [3.63, 3.8) is 0 Å². The van der Waals surface area contributed by atoms with E-state index in [0.717, 1.165) is 19.5 Å². The second-order valence-corrected chi connectivity index (χ2v) is 7.37. The van der Waals surface area contributed by atoms with Gasteiger partial charge in [0.1, 0.15) is 5.01 Å². The van der Waals surface area contributed by atoms with E-state index >= 15 is 0 Å². The second-order valence-electron chi connectivity index (χ2n) is 6.17. The van der Waals surface area contributed by atoms with Crippen molar-refractivity contribution in [2.45, 2.75) is 65.0 Å². The Morgan fingerprint density at radius 3 is 2.75 bits per heavy atom. The molecule has 2 atom stereocenters. The monoisotopic (exact) mass is 295 g/mol. The van der Waals surface area contributed by atoms with Gasteiger partial charge in [0.2, 0.25) is 0 Å². The van der Waals surface area contributed by atoms with Gasteiger partial charge >= 0.3 is 0 Å². The Morgan fingerprint density at radius 2 is 2.20 bits per heavy atom. The smallest absolute Gasteiger partial charge is 0.113 e. The van der Waals surface area contributed by atoms with Crippen molar-refractivity contribution in [3.8, 4) is 0 Å². The van der Waals surface area contributed by atoms with E-state index in [4.69, 9.17) is 4.98 Å². The fourth-order valence-corrected chi connectivity index (χ4v) is 4.31. The van der Waals surface area contributed by atoms with Crippen LogP contribution in [-0.4, -0.2) is 36.1 Å². The minimum absolute atomic E-state index is 0.102. The van der Waals surface area contributed by atoms with Crippen molar-refractivity contribution >= 4 is 11.3 Å². The number of hydrogen-bond donors (Lipinski definition) is 1. The SMILES string of the molecule is CCCNC1(c2nc(CC)c(C)s2)CCN(C)C(C)C1. The number of likely N-dealkylation sites (tertiary alicyclic amines) is 1. The fourth-order valence-electron chi connectivity index (χ4n) is 3.11. The minimum Gasteiger partial charge on any atom is -0.305 e. The average Bonchev–Trinajstić information content (AvgIpc) is 2.82. The Kier molecular flexibility index (Phi) is 5.21. The summed E-state index contributed by atoms with van der Waals surface area (Å²) in [6, 6.07) is 0.613. The highest BCUT2D eigenvalue weighted by atomic mass is 32.1. The number of aromatic nitrogens is 1. The predicted octanol–water partition coefficient (Wildman–Crippen LogP) is 3.32. The van der Waals surface area contributed by atoms with Gasteiger partial charge in [-0.1, -0.05) is 13.8 Å². The largest absolute Gasteiger partial charge is 0.305 e. The number of piperidine rings is 1. The van der Waals surface area contributed by atoms with E-state index in [-0.39, 0.29) is 5.54 Å². The molecule has 1 saturated heterocycles. The lowest BCUT2D eigenvalue weighted by molar-refractivity contribution is 0.106. The molecule has 20 heavy (non-hydrogen) atoms. The summed E-state index contributed by atoms with van der Waals surface area (Å²) in [6.45, 7) is 11.2. The van der Waals surface area contributed by atoms with Crippen molar-refractivity contribution in [2.75, 3.05) is 20.1 Å². The summed E-state index contributed by atoms with van der Waals surface area (Å²) in [4.78, 5) is 8.83. The van der Waals surface area contributed by atoms with Crippen molar-refractivity contribution in [1.29, 1.82) is 0 Å². The molecule has 1 aromatic rings. The van der Waals surface area contributed by atoms with Crippen LogP contribution in [0.2, 0.25) is 0 Å². The van der Waals surface area contributed by atoms with Crippen LogP contribution in [0.25, 0.3) is 0 Å². The van der Waals surface area contributed by atoms with Gasteiger partial charge < -0.3 is 10.2 Å². The summed E-state index contributed by atoms with van der Waals surface area (Å²) in [5.41, 5.74) is 1.39. The molecule has 2 rings (SSSR count). The van der Waals surface area contributed by atoms with E-state index in [9.17, 15) is 0 Å². The normalized spacial score (nSPS) is 27.9. The molecule has 0 aliphatic carbocycles. The highest BCUT2D eigenvalue weighted by Crippen LogP contribution is 2.38. The molecule has 0 radical (unpaired) electrons. The molecular weight excluding hydrogens is 266 g/mol. The van der Waals surface area contributed by atoms with Crippen LogP contribution in [0, 0.1) is 6.92 Å². The molecule has 0 spiro atoms. The first-order chi connectivity index (χ1) is 9.52. The van der Waals surface area contributed by atoms with Gasteiger partial charge in [-0.15, -0.1) is 11.3 Å². The Morgan fingerprint density at radius 1 is 1.45 bits per heavy atom. The summed E-state index contributed by atoms with van der Waals surface area (Å²) < 4.78 is 0. The summed E-state index contributed by atoms with van der Waals surface area (Å²) in [5, 5.41) is 5.16. The third-order valence-corrected chi connectivity index (χ3v) is 5.86. The maximum absolute atomic E-state index is 4.97. The molecule has 1 N–H and O–H groups in total. The zero-order valence-electron chi connectivity index (χ0n) is 13.6. The van der Waals surface area contributed by atoms with Crippen LogP contribution in [0.15, 0.2) is 0 Å². The van der Waals surface area contributed by atoms with Crippen molar-refractivity contribution in [1.82, 2.24) is 15.2 Å². The van der Waals surface area contributed by atoms with Gasteiger partial charge in [0.25, 0.3) is 0 Å². The number of aryl methyl sites for hydroxylation is 2. The third kappa shape index (κ3) is 3.07. The maximum Gasteiger partial charge on any atom is 0.113 e. The molecule has 0 bridgehead atoms. The summed E-state index contributed by atoms with van der Waals surface area (Å²) in [6.07, 6.45) is 4.56. The molecule has 4 heteroatoms. The van der Waals surface area contributed by atoms with Crippen LogP contribution in [0.4, 0.5) is 0 Å². The highest BCUT2D eigenvalue weighted by Gasteiger charge is 2.40. The van der Waals surface area contributed by atoms with Gasteiger partial charge in [0.05, 0.1) is 11.2 Å². The molecule has 0 amide bonds. The molecule has 1 aliphatic heterocycles. The lowest BCUT2D eigenvalue weighted by atomic mass is 9.84.